The average molecular weight is 272 g/mol. The number of imide groups is 1. The minimum Gasteiger partial charge on any atom is -0.399 e. The molecular weight excluding hydrogens is 260 g/mol. The lowest BCUT2D eigenvalue weighted by Gasteiger charge is -2.22. The van der Waals surface area contributed by atoms with Gasteiger partial charge in [-0.2, -0.15) is 0 Å². The third-order valence-electron chi connectivity index (χ3n) is 3.35. The fraction of sp³-hybridized carbons (Fsp3) is 0.231. The van der Waals surface area contributed by atoms with E-state index in [1.807, 2.05) is 0 Å². The number of hydrogen-bond acceptors (Lipinski definition) is 5. The Morgan fingerprint density at radius 1 is 1.30 bits per heavy atom. The summed E-state index contributed by atoms with van der Waals surface area (Å²) < 4.78 is 1.25. The minimum atomic E-state index is -0.710. The molecule has 0 radical (unpaired) electrons. The number of carbonyl (C=O) groups is 2. The van der Waals surface area contributed by atoms with E-state index in [1.54, 1.807) is 12.1 Å². The van der Waals surface area contributed by atoms with Crippen molar-refractivity contribution in [2.24, 2.45) is 0 Å². The topological polar surface area (TPSA) is 107 Å². The van der Waals surface area contributed by atoms with Gasteiger partial charge in [-0.1, -0.05) is 0 Å². The van der Waals surface area contributed by atoms with E-state index in [2.05, 4.69) is 10.3 Å². The second-order valence-electron chi connectivity index (χ2n) is 4.70. The Kier molecular flexibility index (Phi) is 2.74. The van der Waals surface area contributed by atoms with Crippen LogP contribution in [-0.2, 0) is 9.59 Å². The Bertz CT molecular complexity index is 781. The fourth-order valence-electron chi connectivity index (χ4n) is 2.32. The van der Waals surface area contributed by atoms with Gasteiger partial charge in [0, 0.05) is 12.1 Å². The molecule has 0 saturated carbocycles. The Morgan fingerprint density at radius 2 is 2.10 bits per heavy atom. The van der Waals surface area contributed by atoms with E-state index in [4.69, 9.17) is 5.73 Å². The lowest BCUT2D eigenvalue weighted by Crippen LogP contribution is -2.44. The molecule has 3 rings (SSSR count). The summed E-state index contributed by atoms with van der Waals surface area (Å²) in [6.45, 7) is 0. The van der Waals surface area contributed by atoms with E-state index in [0.717, 1.165) is 0 Å². The number of hydrogen-bond donors (Lipinski definition) is 2. The quantitative estimate of drug-likeness (QED) is 0.559. The highest BCUT2D eigenvalue weighted by molar-refractivity contribution is 5.99. The van der Waals surface area contributed by atoms with Crippen LogP contribution >= 0.6 is 0 Å². The summed E-state index contributed by atoms with van der Waals surface area (Å²) in [5.74, 6) is -0.800. The van der Waals surface area contributed by atoms with Crippen molar-refractivity contribution in [1.82, 2.24) is 14.9 Å². The van der Waals surface area contributed by atoms with Crippen molar-refractivity contribution in [3.05, 3.63) is 34.9 Å². The summed E-state index contributed by atoms with van der Waals surface area (Å²) in [6.07, 6.45) is 1.83. The zero-order valence-corrected chi connectivity index (χ0v) is 10.5. The molecule has 102 valence electrons. The molecule has 2 aromatic rings. The molecule has 7 heteroatoms. The number of benzene rings is 1. The highest BCUT2D eigenvalue weighted by atomic mass is 16.2. The Labute approximate surface area is 113 Å². The van der Waals surface area contributed by atoms with Gasteiger partial charge in [0.05, 0.1) is 17.2 Å². The number of nitrogen functional groups attached to an aromatic ring is 1. The lowest BCUT2D eigenvalue weighted by atomic mass is 10.1. The Hall–Kier alpha value is -2.70. The van der Waals surface area contributed by atoms with Crippen LogP contribution in [0.15, 0.2) is 29.3 Å². The number of nitrogens with two attached hydrogens (primary N) is 1. The van der Waals surface area contributed by atoms with E-state index in [-0.39, 0.29) is 17.9 Å². The molecule has 3 N–H and O–H groups in total. The number of fused-ring (bicyclic) bond motifs is 1. The standard InChI is InChI=1S/C13H12N4O3/c14-7-1-2-9-8(5-7)13(20)17(6-15-9)10-3-4-11(18)16-12(10)19/h1-2,5-6,10H,3-4,14H2,(H,16,18,19). The van der Waals surface area contributed by atoms with Crippen LogP contribution < -0.4 is 16.6 Å². The second-order valence-corrected chi connectivity index (χ2v) is 4.70. The summed E-state index contributed by atoms with van der Waals surface area (Å²) in [5, 5.41) is 2.58. The molecule has 1 saturated heterocycles. The van der Waals surface area contributed by atoms with Crippen molar-refractivity contribution < 1.29 is 9.59 Å². The molecule has 1 fully saturated rings. The van der Waals surface area contributed by atoms with Crippen LogP contribution in [0.2, 0.25) is 0 Å². The molecule has 1 aromatic heterocycles. The predicted octanol–water partition coefficient (Wildman–Crippen LogP) is -0.0436. The first kappa shape index (κ1) is 12.3. The molecule has 0 bridgehead atoms. The number of nitrogens with one attached hydrogen (secondary N) is 1. The molecule has 1 aromatic carbocycles. The Balaban J connectivity index is 2.13. The molecule has 1 aliphatic heterocycles. The number of piperidine rings is 1. The second kappa shape index (κ2) is 4.44. The fourth-order valence-corrected chi connectivity index (χ4v) is 2.32. The Morgan fingerprint density at radius 3 is 2.85 bits per heavy atom. The third kappa shape index (κ3) is 1.93. The smallest absolute Gasteiger partial charge is 0.262 e. The van der Waals surface area contributed by atoms with Crippen LogP contribution in [0.4, 0.5) is 5.69 Å². The van der Waals surface area contributed by atoms with Crippen molar-refractivity contribution in [2.45, 2.75) is 18.9 Å². The van der Waals surface area contributed by atoms with Crippen molar-refractivity contribution in [3.63, 3.8) is 0 Å². The maximum absolute atomic E-state index is 12.4. The van der Waals surface area contributed by atoms with Gasteiger partial charge in [0.2, 0.25) is 11.8 Å². The van der Waals surface area contributed by atoms with Crippen molar-refractivity contribution in [1.29, 1.82) is 0 Å². The van der Waals surface area contributed by atoms with Gasteiger partial charge >= 0.3 is 0 Å². The van der Waals surface area contributed by atoms with Crippen molar-refractivity contribution in [3.8, 4) is 0 Å². The minimum absolute atomic E-state index is 0.206. The molecule has 0 spiro atoms. The summed E-state index contributed by atoms with van der Waals surface area (Å²) in [4.78, 5) is 39.5. The van der Waals surface area contributed by atoms with Gasteiger partial charge in [0.25, 0.3) is 5.56 Å². The van der Waals surface area contributed by atoms with Gasteiger partial charge < -0.3 is 5.73 Å². The third-order valence-corrected chi connectivity index (χ3v) is 3.35. The van der Waals surface area contributed by atoms with Crippen LogP contribution in [-0.4, -0.2) is 21.4 Å². The van der Waals surface area contributed by atoms with Crippen LogP contribution in [0.1, 0.15) is 18.9 Å². The first-order valence-corrected chi connectivity index (χ1v) is 6.16. The van der Waals surface area contributed by atoms with Crippen LogP contribution in [0, 0.1) is 0 Å². The number of carbonyl (C=O) groups excluding carboxylic acids is 2. The predicted molar refractivity (Wildman–Crippen MR) is 71.8 cm³/mol. The van der Waals surface area contributed by atoms with Crippen molar-refractivity contribution in [2.75, 3.05) is 5.73 Å². The maximum Gasteiger partial charge on any atom is 0.262 e. The number of aromatic nitrogens is 2. The number of amides is 2. The van der Waals surface area contributed by atoms with Gasteiger partial charge in [-0.15, -0.1) is 0 Å². The number of rotatable bonds is 1. The summed E-state index contributed by atoms with van der Waals surface area (Å²) in [7, 11) is 0. The van der Waals surface area contributed by atoms with E-state index in [1.165, 1.54) is 17.0 Å². The van der Waals surface area contributed by atoms with Gasteiger partial charge in [-0.25, -0.2) is 4.98 Å². The molecule has 2 amide bonds. The van der Waals surface area contributed by atoms with Crippen molar-refractivity contribution >= 4 is 28.4 Å². The highest BCUT2D eigenvalue weighted by Crippen LogP contribution is 2.18. The van der Waals surface area contributed by atoms with E-state index >= 15 is 0 Å². The highest BCUT2D eigenvalue weighted by Gasteiger charge is 2.29. The largest absolute Gasteiger partial charge is 0.399 e. The molecule has 7 nitrogen and oxygen atoms in total. The first-order valence-electron chi connectivity index (χ1n) is 6.16. The SMILES string of the molecule is Nc1ccc2ncn(C3CCC(=O)NC3=O)c(=O)c2c1. The van der Waals surface area contributed by atoms with Crippen LogP contribution in [0.5, 0.6) is 0 Å². The van der Waals surface area contributed by atoms with Crippen LogP contribution in [0.3, 0.4) is 0 Å². The molecule has 1 atom stereocenters. The first-order chi connectivity index (χ1) is 9.56. The zero-order valence-electron chi connectivity index (χ0n) is 10.5. The summed E-state index contributed by atoms with van der Waals surface area (Å²) >= 11 is 0. The zero-order chi connectivity index (χ0) is 14.3. The normalized spacial score (nSPS) is 19.1. The van der Waals surface area contributed by atoms with Gasteiger partial charge in [-0.3, -0.25) is 24.3 Å². The molecule has 2 heterocycles. The molecular formula is C13H12N4O3. The summed E-state index contributed by atoms with van der Waals surface area (Å²) in [5.41, 5.74) is 6.31. The molecule has 20 heavy (non-hydrogen) atoms. The number of nitrogens with zero attached hydrogens (tertiary/aromatic N) is 2. The monoisotopic (exact) mass is 272 g/mol. The molecule has 1 aliphatic rings. The van der Waals surface area contributed by atoms with Crippen LogP contribution in [0.25, 0.3) is 10.9 Å². The van der Waals surface area contributed by atoms with Gasteiger partial charge in [0.1, 0.15) is 6.04 Å². The lowest BCUT2D eigenvalue weighted by molar-refractivity contribution is -0.135. The van der Waals surface area contributed by atoms with E-state index < -0.39 is 11.9 Å². The van der Waals surface area contributed by atoms with Gasteiger partial charge in [-0.05, 0) is 24.6 Å². The molecule has 1 unspecified atom stereocenters. The van der Waals surface area contributed by atoms with E-state index in [9.17, 15) is 14.4 Å². The molecule has 0 aliphatic carbocycles. The van der Waals surface area contributed by atoms with E-state index in [0.29, 0.717) is 23.0 Å². The summed E-state index contributed by atoms with van der Waals surface area (Å²) in [6, 6.07) is 4.14. The number of anilines is 1. The average Bonchev–Trinajstić information content (AvgIpc) is 2.41. The maximum atomic E-state index is 12.4. The van der Waals surface area contributed by atoms with Gasteiger partial charge in [0.15, 0.2) is 0 Å².